The number of anilines is 1. The molecule has 3 atom stereocenters. The summed E-state index contributed by atoms with van der Waals surface area (Å²) in [5.41, 5.74) is 3.60. The molecule has 35 heavy (non-hydrogen) atoms. The molecule has 1 saturated heterocycles. The number of amides is 1. The fourth-order valence-corrected chi connectivity index (χ4v) is 6.30. The molecule has 9 heteroatoms. The Balaban J connectivity index is 1.12. The molecule has 2 heterocycles. The number of aliphatic hydroxyl groups is 2. The van der Waals surface area contributed by atoms with Gasteiger partial charge in [-0.1, -0.05) is 6.07 Å². The highest BCUT2D eigenvalue weighted by atomic mass is 32.2. The number of benzene rings is 2. The molecule has 2 aromatic carbocycles. The molecule has 1 amide bonds. The van der Waals surface area contributed by atoms with E-state index < -0.39 is 12.2 Å². The maximum atomic E-state index is 12.9. The summed E-state index contributed by atoms with van der Waals surface area (Å²) in [4.78, 5) is 15.5. The standard InChI is InChI=1S/C26H33N3O5S/c30-21-4-6-25(24(33)13-21)35-29-14-17-1-3-20(11-18(17)15-29)27-19-7-9-28(10-8-19)26(34)16-2-5-22(31)23(32)12-16/h1,3-4,6,11,13,16,19,22-23,27,30-33H,2,5,7-10,12,14-15H2. The Kier molecular flexibility index (Phi) is 7.11. The highest BCUT2D eigenvalue weighted by Gasteiger charge is 2.35. The van der Waals surface area contributed by atoms with Crippen molar-refractivity contribution in [3.8, 4) is 11.5 Å². The topological polar surface area (TPSA) is 116 Å². The van der Waals surface area contributed by atoms with Gasteiger partial charge < -0.3 is 30.6 Å². The third-order valence-corrected chi connectivity index (χ3v) is 8.44. The van der Waals surface area contributed by atoms with Crippen LogP contribution in [0.15, 0.2) is 41.3 Å². The Morgan fingerprint density at radius 1 is 0.914 bits per heavy atom. The van der Waals surface area contributed by atoms with Gasteiger partial charge in [-0.25, -0.2) is 4.31 Å². The number of likely N-dealkylation sites (tertiary alicyclic amines) is 1. The van der Waals surface area contributed by atoms with Crippen LogP contribution in [0.5, 0.6) is 11.5 Å². The van der Waals surface area contributed by atoms with Crippen LogP contribution >= 0.6 is 11.9 Å². The van der Waals surface area contributed by atoms with Crippen molar-refractivity contribution in [3.63, 3.8) is 0 Å². The smallest absolute Gasteiger partial charge is 0.225 e. The molecular formula is C26H33N3O5S. The third-order valence-electron chi connectivity index (χ3n) is 7.38. The van der Waals surface area contributed by atoms with Gasteiger partial charge in [0.25, 0.3) is 0 Å². The fourth-order valence-electron chi connectivity index (χ4n) is 5.33. The molecule has 0 spiro atoms. The number of nitrogens with one attached hydrogen (secondary N) is 1. The fraction of sp³-hybridized carbons (Fsp3) is 0.500. The quantitative estimate of drug-likeness (QED) is 0.399. The molecule has 5 rings (SSSR count). The number of phenols is 2. The molecule has 3 unspecified atom stereocenters. The second kappa shape index (κ2) is 10.3. The van der Waals surface area contributed by atoms with E-state index in [1.807, 2.05) is 4.90 Å². The number of hydrogen-bond donors (Lipinski definition) is 5. The number of aliphatic hydroxyl groups excluding tert-OH is 2. The molecule has 0 aromatic heterocycles. The van der Waals surface area contributed by atoms with E-state index in [0.717, 1.165) is 31.6 Å². The zero-order chi connectivity index (χ0) is 24.5. The molecule has 0 radical (unpaired) electrons. The number of rotatable bonds is 5. The molecule has 3 aliphatic rings. The molecule has 2 aromatic rings. The molecule has 2 aliphatic heterocycles. The van der Waals surface area contributed by atoms with Crippen LogP contribution in [0, 0.1) is 5.92 Å². The maximum Gasteiger partial charge on any atom is 0.225 e. The van der Waals surface area contributed by atoms with Crippen LogP contribution in [-0.4, -0.2) is 66.9 Å². The van der Waals surface area contributed by atoms with Gasteiger partial charge in [0.2, 0.25) is 5.91 Å². The van der Waals surface area contributed by atoms with Gasteiger partial charge in [0.05, 0.1) is 17.1 Å². The number of fused-ring (bicyclic) bond motifs is 1. The monoisotopic (exact) mass is 499 g/mol. The summed E-state index contributed by atoms with van der Waals surface area (Å²) in [6.45, 7) is 2.97. The van der Waals surface area contributed by atoms with Gasteiger partial charge >= 0.3 is 0 Å². The highest BCUT2D eigenvalue weighted by molar-refractivity contribution is 7.97. The molecule has 188 valence electrons. The van der Waals surface area contributed by atoms with Crippen molar-refractivity contribution in [2.45, 2.75) is 68.3 Å². The molecule has 1 aliphatic carbocycles. The summed E-state index contributed by atoms with van der Waals surface area (Å²) in [5, 5.41) is 42.9. The summed E-state index contributed by atoms with van der Waals surface area (Å²) >= 11 is 1.48. The van der Waals surface area contributed by atoms with Crippen LogP contribution in [0.2, 0.25) is 0 Å². The van der Waals surface area contributed by atoms with Crippen molar-refractivity contribution in [1.82, 2.24) is 9.21 Å². The number of phenolic OH excluding ortho intramolecular Hbond substituents is 2. The lowest BCUT2D eigenvalue weighted by molar-refractivity contribution is -0.141. The number of nitrogens with zero attached hydrogens (tertiary/aromatic N) is 2. The predicted octanol–water partition coefficient (Wildman–Crippen LogP) is 3.05. The second-order valence-electron chi connectivity index (χ2n) is 9.91. The molecule has 0 bridgehead atoms. The van der Waals surface area contributed by atoms with Crippen molar-refractivity contribution < 1.29 is 25.2 Å². The molecule has 1 saturated carbocycles. The normalized spacial score (nSPS) is 25.4. The number of aromatic hydroxyl groups is 2. The van der Waals surface area contributed by atoms with E-state index in [1.54, 1.807) is 12.1 Å². The first-order valence-electron chi connectivity index (χ1n) is 12.3. The van der Waals surface area contributed by atoms with Crippen LogP contribution in [0.25, 0.3) is 0 Å². The Bertz CT molecular complexity index is 1070. The van der Waals surface area contributed by atoms with Gasteiger partial charge in [0.1, 0.15) is 11.5 Å². The minimum absolute atomic E-state index is 0.0510. The largest absolute Gasteiger partial charge is 0.508 e. The predicted molar refractivity (Wildman–Crippen MR) is 134 cm³/mol. The Labute approximate surface area is 209 Å². The van der Waals surface area contributed by atoms with E-state index in [4.69, 9.17) is 0 Å². The van der Waals surface area contributed by atoms with E-state index in [0.29, 0.717) is 43.3 Å². The first kappa shape index (κ1) is 24.2. The van der Waals surface area contributed by atoms with Crippen molar-refractivity contribution in [2.75, 3.05) is 18.4 Å². The van der Waals surface area contributed by atoms with E-state index in [2.05, 4.69) is 27.8 Å². The van der Waals surface area contributed by atoms with Crippen LogP contribution in [0.4, 0.5) is 5.69 Å². The minimum Gasteiger partial charge on any atom is -0.508 e. The van der Waals surface area contributed by atoms with Gasteiger partial charge in [-0.3, -0.25) is 4.79 Å². The van der Waals surface area contributed by atoms with E-state index in [1.165, 1.54) is 29.1 Å². The van der Waals surface area contributed by atoms with Gasteiger partial charge in [0.15, 0.2) is 0 Å². The second-order valence-corrected chi connectivity index (χ2v) is 11.1. The van der Waals surface area contributed by atoms with Crippen molar-refractivity contribution >= 4 is 23.5 Å². The number of carbonyl (C=O) groups is 1. The zero-order valence-electron chi connectivity index (χ0n) is 19.6. The van der Waals surface area contributed by atoms with Gasteiger partial charge in [-0.05, 0) is 79.4 Å². The first-order chi connectivity index (χ1) is 16.9. The lowest BCUT2D eigenvalue weighted by atomic mass is 9.84. The summed E-state index contributed by atoms with van der Waals surface area (Å²) in [6, 6.07) is 11.4. The highest BCUT2D eigenvalue weighted by Crippen LogP contribution is 2.38. The van der Waals surface area contributed by atoms with Crippen molar-refractivity contribution in [2.24, 2.45) is 5.92 Å². The van der Waals surface area contributed by atoms with Gasteiger partial charge in [-0.2, -0.15) is 0 Å². The zero-order valence-corrected chi connectivity index (χ0v) is 20.5. The van der Waals surface area contributed by atoms with E-state index in [9.17, 15) is 25.2 Å². The average Bonchev–Trinajstić information content (AvgIpc) is 3.24. The number of piperidine rings is 1. The number of carbonyl (C=O) groups excluding carboxylic acids is 1. The van der Waals surface area contributed by atoms with E-state index in [-0.39, 0.29) is 23.3 Å². The van der Waals surface area contributed by atoms with Gasteiger partial charge in [-0.15, -0.1) is 0 Å². The molecule has 2 fully saturated rings. The number of hydrogen-bond acceptors (Lipinski definition) is 8. The first-order valence-corrected chi connectivity index (χ1v) is 13.1. The Morgan fingerprint density at radius 3 is 2.43 bits per heavy atom. The molecule has 5 N–H and O–H groups in total. The van der Waals surface area contributed by atoms with E-state index >= 15 is 0 Å². The van der Waals surface area contributed by atoms with Crippen LogP contribution in [-0.2, 0) is 17.9 Å². The lowest BCUT2D eigenvalue weighted by Crippen LogP contribution is -2.47. The van der Waals surface area contributed by atoms with Crippen molar-refractivity contribution in [3.05, 3.63) is 47.5 Å². The average molecular weight is 500 g/mol. The van der Waals surface area contributed by atoms with Gasteiger partial charge in [0, 0.05) is 49.9 Å². The van der Waals surface area contributed by atoms with Crippen LogP contribution < -0.4 is 5.32 Å². The Hall–Kier alpha value is -2.46. The minimum atomic E-state index is -0.794. The summed E-state index contributed by atoms with van der Waals surface area (Å²) in [7, 11) is 0. The van der Waals surface area contributed by atoms with Crippen molar-refractivity contribution in [1.29, 1.82) is 0 Å². The third kappa shape index (κ3) is 5.53. The lowest BCUT2D eigenvalue weighted by Gasteiger charge is -2.37. The molecule has 8 nitrogen and oxygen atoms in total. The Morgan fingerprint density at radius 2 is 1.69 bits per heavy atom. The maximum absolute atomic E-state index is 12.9. The summed E-state index contributed by atoms with van der Waals surface area (Å²) in [6.07, 6.45) is 1.75. The summed E-state index contributed by atoms with van der Waals surface area (Å²) in [5.74, 6) is 0.0635. The van der Waals surface area contributed by atoms with Crippen LogP contribution in [0.3, 0.4) is 0 Å². The van der Waals surface area contributed by atoms with Crippen LogP contribution in [0.1, 0.15) is 43.2 Å². The summed E-state index contributed by atoms with van der Waals surface area (Å²) < 4.78 is 2.19. The molecular weight excluding hydrogens is 466 g/mol. The SMILES string of the molecule is O=C(C1CCC(O)C(O)C1)N1CCC(Nc2ccc3c(c2)CN(Sc2ccc(O)cc2O)C3)CC1.